The Bertz CT molecular complexity index is 1810. The number of unbranched alkanes of at least 4 members (excludes halogenated alkanes) is 1. The van der Waals surface area contributed by atoms with Crippen molar-refractivity contribution in [2.75, 3.05) is 6.54 Å². The molecule has 0 spiro atoms. The van der Waals surface area contributed by atoms with E-state index in [0.29, 0.717) is 12.8 Å². The van der Waals surface area contributed by atoms with Gasteiger partial charge in [0.1, 0.15) is 48.3 Å². The molecule has 26 nitrogen and oxygen atoms in total. The highest BCUT2D eigenvalue weighted by atomic mass is 16.4. The number of carbonyl (C=O) groups excluding carboxylic acids is 9. The Morgan fingerprint density at radius 2 is 0.857 bits per heavy atom. The SMILES string of the molecule is CC[C@H](C)[C@H](NC(=O)[C@H](CC(=O)O)NC(=O)[C@@H](NC(=O)[C@@H](NC(=O)[C@@H](N)C(C)C)[C@@H](C)O)[C@@H](C)O)C(=O)N[C@@H](CCC(N)=O)C(=O)N[C@H](C(=O)N[C@@H](CCCCN)C(=O)N[C@H](C(=O)O)C(C)C)C(C)C. The summed E-state index contributed by atoms with van der Waals surface area (Å²) in [6.07, 6.45) is -4.08. The Balaban J connectivity index is 6.65. The number of aliphatic hydroxyl groups excluding tert-OH is 2. The van der Waals surface area contributed by atoms with E-state index in [9.17, 15) is 73.2 Å². The van der Waals surface area contributed by atoms with E-state index in [0.717, 1.165) is 13.8 Å². The van der Waals surface area contributed by atoms with Crippen molar-refractivity contribution in [3.63, 3.8) is 0 Å². The third-order valence-corrected chi connectivity index (χ3v) is 11.3. The summed E-state index contributed by atoms with van der Waals surface area (Å²) in [4.78, 5) is 144. The number of amides is 9. The number of nitrogens with two attached hydrogens (primary N) is 3. The number of nitrogens with one attached hydrogen (secondary N) is 8. The molecule has 18 N–H and O–H groups in total. The first-order chi connectivity index (χ1) is 32.4. The highest BCUT2D eigenvalue weighted by Crippen LogP contribution is 2.13. The van der Waals surface area contributed by atoms with Gasteiger partial charge in [-0.2, -0.15) is 0 Å². The molecule has 12 atom stereocenters. The molecule has 26 heteroatoms. The van der Waals surface area contributed by atoms with Crippen molar-refractivity contribution in [1.29, 1.82) is 0 Å². The van der Waals surface area contributed by atoms with Crippen molar-refractivity contribution in [1.82, 2.24) is 42.5 Å². The van der Waals surface area contributed by atoms with Crippen LogP contribution in [-0.4, -0.2) is 159 Å². The fourth-order valence-corrected chi connectivity index (χ4v) is 6.60. The quantitative estimate of drug-likeness (QED) is 0.0278. The van der Waals surface area contributed by atoms with E-state index in [-0.39, 0.29) is 25.3 Å². The number of hydrogen-bond donors (Lipinski definition) is 15. The van der Waals surface area contributed by atoms with Gasteiger partial charge in [0.05, 0.1) is 24.7 Å². The summed E-state index contributed by atoms with van der Waals surface area (Å²) in [7, 11) is 0. The maximum absolute atomic E-state index is 14.0. The summed E-state index contributed by atoms with van der Waals surface area (Å²) in [5.74, 6) is -14.2. The molecule has 0 unspecified atom stereocenters. The number of hydrogen-bond acceptors (Lipinski definition) is 15. The highest BCUT2D eigenvalue weighted by Gasteiger charge is 2.39. The average Bonchev–Trinajstić information content (AvgIpc) is 3.26. The third-order valence-electron chi connectivity index (χ3n) is 11.3. The van der Waals surface area contributed by atoms with Crippen LogP contribution in [0.25, 0.3) is 0 Å². The van der Waals surface area contributed by atoms with E-state index in [2.05, 4.69) is 42.5 Å². The van der Waals surface area contributed by atoms with Gasteiger partial charge in [0.25, 0.3) is 0 Å². The number of carbonyl (C=O) groups is 11. The first-order valence-electron chi connectivity index (χ1n) is 23.4. The number of aliphatic hydroxyl groups is 2. The van der Waals surface area contributed by atoms with Crippen molar-refractivity contribution in [2.45, 2.75) is 181 Å². The summed E-state index contributed by atoms with van der Waals surface area (Å²) >= 11 is 0. The zero-order valence-electron chi connectivity index (χ0n) is 41.8. The van der Waals surface area contributed by atoms with Gasteiger partial charge in [-0.15, -0.1) is 0 Å². The van der Waals surface area contributed by atoms with Crippen molar-refractivity contribution in [3.8, 4) is 0 Å². The predicted octanol–water partition coefficient (Wildman–Crippen LogP) is -4.08. The molecular weight excluding hydrogens is 923 g/mol. The first-order valence-corrected chi connectivity index (χ1v) is 23.4. The molecule has 9 amide bonds. The molecule has 0 heterocycles. The zero-order valence-corrected chi connectivity index (χ0v) is 41.8. The molecule has 70 heavy (non-hydrogen) atoms. The normalized spacial score (nSPS) is 16.5. The van der Waals surface area contributed by atoms with Crippen LogP contribution in [0.4, 0.5) is 0 Å². The van der Waals surface area contributed by atoms with Crippen molar-refractivity contribution >= 4 is 65.1 Å². The molecule has 0 fully saturated rings. The fraction of sp³-hybridized carbons (Fsp3) is 0.750. The zero-order chi connectivity index (χ0) is 54.3. The van der Waals surface area contributed by atoms with Crippen LogP contribution in [0.5, 0.6) is 0 Å². The second kappa shape index (κ2) is 31.3. The van der Waals surface area contributed by atoms with Crippen LogP contribution in [0, 0.1) is 23.7 Å². The number of rotatable bonds is 33. The lowest BCUT2D eigenvalue weighted by Crippen LogP contribution is -2.63. The molecule has 0 aromatic rings. The summed E-state index contributed by atoms with van der Waals surface area (Å²) < 4.78 is 0. The Morgan fingerprint density at radius 1 is 0.471 bits per heavy atom. The van der Waals surface area contributed by atoms with Crippen LogP contribution in [0.3, 0.4) is 0 Å². The standard InChI is InChI=1S/C44H79N11O15/c1-11-22(8)33(53-38(63)27(18-29(59)60)50-42(67)34(23(9)56)55-43(68)35(24(10)57)54-39(64)30(47)19(2)3)41(66)49-26(15-16-28(46)58)37(62)51-31(20(4)5)40(65)48-25(14-12-13-17-45)36(61)52-32(21(6)7)44(69)70/h19-27,30-35,56-57H,11-18,45,47H2,1-10H3,(H2,46,58)(H,48,65)(H,49,66)(H,50,67)(H,51,62)(H,52,61)(H,53,63)(H,54,64)(H,55,68)(H,59,60)(H,69,70)/t22-,23+,24+,25-,26-,27-,30-,31-,32-,33-,34-,35-/m0/s1. The maximum atomic E-state index is 14.0. The van der Waals surface area contributed by atoms with Gasteiger partial charge in [-0.25, -0.2) is 4.79 Å². The van der Waals surface area contributed by atoms with Crippen LogP contribution < -0.4 is 59.7 Å². The third kappa shape index (κ3) is 22.2. The second-order valence-corrected chi connectivity index (χ2v) is 18.5. The van der Waals surface area contributed by atoms with Crippen molar-refractivity contribution in [2.24, 2.45) is 40.9 Å². The molecule has 0 radical (unpaired) electrons. The smallest absolute Gasteiger partial charge is 0.326 e. The number of carboxylic acids is 2. The molecule has 0 aliphatic rings. The lowest BCUT2D eigenvalue weighted by atomic mass is 9.96. The second-order valence-electron chi connectivity index (χ2n) is 18.5. The van der Waals surface area contributed by atoms with Crippen molar-refractivity contribution in [3.05, 3.63) is 0 Å². The fourth-order valence-electron chi connectivity index (χ4n) is 6.60. The van der Waals surface area contributed by atoms with E-state index < -0.39 is 169 Å². The summed E-state index contributed by atoms with van der Waals surface area (Å²) in [6.45, 7) is 15.3. The predicted molar refractivity (Wildman–Crippen MR) is 252 cm³/mol. The summed E-state index contributed by atoms with van der Waals surface area (Å²) in [5.41, 5.74) is 16.8. The van der Waals surface area contributed by atoms with Gasteiger partial charge in [0.2, 0.25) is 53.2 Å². The number of primary amides is 1. The molecule has 0 aliphatic carbocycles. The minimum absolute atomic E-state index is 0.0621. The molecule has 0 aromatic heterocycles. The number of aliphatic carboxylic acids is 2. The van der Waals surface area contributed by atoms with Gasteiger partial charge in [0.15, 0.2) is 0 Å². The van der Waals surface area contributed by atoms with E-state index in [1.165, 1.54) is 6.92 Å². The van der Waals surface area contributed by atoms with Crippen LogP contribution in [0.1, 0.15) is 114 Å². The highest BCUT2D eigenvalue weighted by molar-refractivity contribution is 5.99. The lowest BCUT2D eigenvalue weighted by molar-refractivity contribution is -0.143. The van der Waals surface area contributed by atoms with E-state index in [1.54, 1.807) is 48.5 Å². The minimum Gasteiger partial charge on any atom is -0.481 e. The Hall–Kier alpha value is -5.99. The monoisotopic (exact) mass is 1000 g/mol. The van der Waals surface area contributed by atoms with Crippen molar-refractivity contribution < 1.29 is 73.2 Å². The molecule has 0 aliphatic heterocycles. The molecule has 0 saturated heterocycles. The van der Waals surface area contributed by atoms with Gasteiger partial charge in [-0.3, -0.25) is 47.9 Å². The van der Waals surface area contributed by atoms with Gasteiger partial charge >= 0.3 is 11.9 Å². The van der Waals surface area contributed by atoms with Crippen LogP contribution in [0.2, 0.25) is 0 Å². The minimum atomic E-state index is -1.96. The topological polar surface area (TPSA) is 443 Å². The largest absolute Gasteiger partial charge is 0.481 e. The Kier molecular flexibility index (Phi) is 28.6. The molecule has 0 saturated carbocycles. The molecule has 400 valence electrons. The first kappa shape index (κ1) is 64.0. The van der Waals surface area contributed by atoms with Gasteiger partial charge < -0.3 is 80.2 Å². The van der Waals surface area contributed by atoms with Crippen LogP contribution >= 0.6 is 0 Å². The summed E-state index contributed by atoms with van der Waals surface area (Å²) in [6, 6.07) is -13.6. The Labute approximate surface area is 408 Å². The summed E-state index contributed by atoms with van der Waals surface area (Å²) in [5, 5.41) is 59.1. The number of carboxylic acid groups (broad SMARTS) is 2. The molecule has 0 aromatic carbocycles. The molecular formula is C44H79N11O15. The molecule has 0 bridgehead atoms. The van der Waals surface area contributed by atoms with Gasteiger partial charge in [-0.05, 0) is 69.7 Å². The Morgan fingerprint density at radius 3 is 1.27 bits per heavy atom. The molecule has 0 rings (SSSR count). The van der Waals surface area contributed by atoms with Gasteiger partial charge in [0, 0.05) is 6.42 Å². The maximum Gasteiger partial charge on any atom is 0.326 e. The van der Waals surface area contributed by atoms with E-state index in [4.69, 9.17) is 17.2 Å². The average molecular weight is 1000 g/mol. The van der Waals surface area contributed by atoms with E-state index >= 15 is 0 Å². The van der Waals surface area contributed by atoms with Gasteiger partial charge in [-0.1, -0.05) is 61.8 Å². The lowest BCUT2D eigenvalue weighted by Gasteiger charge is -2.30. The van der Waals surface area contributed by atoms with E-state index in [1.807, 2.05) is 0 Å². The van der Waals surface area contributed by atoms with Crippen LogP contribution in [0.15, 0.2) is 0 Å². The van der Waals surface area contributed by atoms with Crippen LogP contribution in [-0.2, 0) is 52.7 Å².